The molecule has 0 N–H and O–H groups in total. The molecule has 3 nitrogen and oxygen atoms in total. The Kier molecular flexibility index (Phi) is 4.17. The van der Waals surface area contributed by atoms with Crippen molar-refractivity contribution in [1.82, 2.24) is 9.78 Å². The maximum Gasteiger partial charge on any atom is 0.0692 e. The van der Waals surface area contributed by atoms with E-state index in [1.54, 1.807) is 0 Å². The van der Waals surface area contributed by atoms with Gasteiger partial charge in [-0.3, -0.25) is 4.68 Å². The van der Waals surface area contributed by atoms with Gasteiger partial charge in [-0.2, -0.15) is 5.10 Å². The quantitative estimate of drug-likeness (QED) is 0.622. The zero-order valence-corrected chi connectivity index (χ0v) is 11.5. The van der Waals surface area contributed by atoms with Gasteiger partial charge in [0.15, 0.2) is 0 Å². The highest BCUT2D eigenvalue weighted by molar-refractivity contribution is 14.1. The molecule has 0 spiro atoms. The second kappa shape index (κ2) is 5.63. The molecule has 0 unspecified atom stereocenters. The lowest BCUT2D eigenvalue weighted by Crippen LogP contribution is -2.03. The van der Waals surface area contributed by atoms with Gasteiger partial charge in [0.1, 0.15) is 0 Å². The number of benzene rings is 1. The van der Waals surface area contributed by atoms with Crippen molar-refractivity contribution in [3.8, 4) is 0 Å². The molecule has 1 aromatic carbocycles. The fourth-order valence-corrected chi connectivity index (χ4v) is 2.16. The summed E-state index contributed by atoms with van der Waals surface area (Å²) >= 11 is 2.33. The van der Waals surface area contributed by atoms with Crippen molar-refractivity contribution in [2.24, 2.45) is 0 Å². The lowest BCUT2D eigenvalue weighted by atomic mass is 10.2. The first-order valence-electron chi connectivity index (χ1n) is 5.50. The van der Waals surface area contributed by atoms with Crippen LogP contribution in [-0.2, 0) is 11.3 Å². The standard InChI is InChI=1S/C12H15IN2O/c1-2-16-7-3-6-15-12-8-11(13)5-4-10(12)9-14-15/h4-5,8-9H,2-3,6-7H2,1H3. The number of nitrogens with zero attached hydrogens (tertiary/aromatic N) is 2. The number of hydrogen-bond acceptors (Lipinski definition) is 2. The van der Waals surface area contributed by atoms with Gasteiger partial charge in [0.2, 0.25) is 0 Å². The SMILES string of the molecule is CCOCCCn1ncc2ccc(I)cc21. The number of halogens is 1. The molecule has 1 heterocycles. The van der Waals surface area contributed by atoms with E-state index in [1.807, 2.05) is 13.1 Å². The average molecular weight is 330 g/mol. The summed E-state index contributed by atoms with van der Waals surface area (Å²) in [6, 6.07) is 6.39. The summed E-state index contributed by atoms with van der Waals surface area (Å²) in [6.45, 7) is 4.54. The van der Waals surface area contributed by atoms with Crippen molar-refractivity contribution in [2.75, 3.05) is 13.2 Å². The zero-order valence-electron chi connectivity index (χ0n) is 9.32. The summed E-state index contributed by atoms with van der Waals surface area (Å²) < 4.78 is 8.62. The Bertz CT molecular complexity index is 467. The third kappa shape index (κ3) is 2.74. The van der Waals surface area contributed by atoms with E-state index in [4.69, 9.17) is 4.74 Å². The second-order valence-electron chi connectivity index (χ2n) is 3.62. The van der Waals surface area contributed by atoms with Gasteiger partial charge in [0.25, 0.3) is 0 Å². The minimum absolute atomic E-state index is 0.789. The van der Waals surface area contributed by atoms with Crippen molar-refractivity contribution in [3.63, 3.8) is 0 Å². The Balaban J connectivity index is 2.09. The number of fused-ring (bicyclic) bond motifs is 1. The molecule has 2 aromatic rings. The van der Waals surface area contributed by atoms with Crippen molar-refractivity contribution in [3.05, 3.63) is 28.0 Å². The number of aryl methyl sites for hydroxylation is 1. The van der Waals surface area contributed by atoms with Crippen LogP contribution in [0.2, 0.25) is 0 Å². The minimum Gasteiger partial charge on any atom is -0.382 e. The van der Waals surface area contributed by atoms with Crippen LogP contribution in [0, 0.1) is 3.57 Å². The lowest BCUT2D eigenvalue weighted by Gasteiger charge is -2.04. The highest BCUT2D eigenvalue weighted by Gasteiger charge is 2.02. The molecule has 0 aliphatic carbocycles. The summed E-state index contributed by atoms with van der Waals surface area (Å²) in [6.07, 6.45) is 2.93. The van der Waals surface area contributed by atoms with Crippen molar-refractivity contribution >= 4 is 33.5 Å². The Morgan fingerprint density at radius 1 is 1.44 bits per heavy atom. The molecule has 0 aliphatic rings. The molecule has 0 amide bonds. The van der Waals surface area contributed by atoms with E-state index >= 15 is 0 Å². The van der Waals surface area contributed by atoms with Crippen LogP contribution in [0.5, 0.6) is 0 Å². The summed E-state index contributed by atoms with van der Waals surface area (Å²) in [7, 11) is 0. The predicted octanol–water partition coefficient (Wildman–Crippen LogP) is 3.07. The van der Waals surface area contributed by atoms with Gasteiger partial charge in [0, 0.05) is 28.7 Å². The summed E-state index contributed by atoms with van der Waals surface area (Å²) in [5.41, 5.74) is 1.21. The fourth-order valence-electron chi connectivity index (χ4n) is 1.68. The first-order chi connectivity index (χ1) is 7.81. The van der Waals surface area contributed by atoms with Crippen LogP contribution in [0.1, 0.15) is 13.3 Å². The van der Waals surface area contributed by atoms with E-state index in [-0.39, 0.29) is 0 Å². The van der Waals surface area contributed by atoms with Gasteiger partial charge in [0.05, 0.1) is 11.7 Å². The van der Waals surface area contributed by atoms with Crippen LogP contribution >= 0.6 is 22.6 Å². The molecule has 0 atom stereocenters. The van der Waals surface area contributed by atoms with Gasteiger partial charge in [-0.15, -0.1) is 0 Å². The Hall–Kier alpha value is -0.620. The Labute approximate surface area is 109 Å². The van der Waals surface area contributed by atoms with E-state index < -0.39 is 0 Å². The Morgan fingerprint density at radius 3 is 3.12 bits per heavy atom. The van der Waals surface area contributed by atoms with Crippen LogP contribution in [0.15, 0.2) is 24.4 Å². The van der Waals surface area contributed by atoms with Gasteiger partial charge >= 0.3 is 0 Å². The molecule has 2 rings (SSSR count). The second-order valence-corrected chi connectivity index (χ2v) is 4.87. The molecule has 4 heteroatoms. The minimum atomic E-state index is 0.789. The third-order valence-corrected chi connectivity index (χ3v) is 3.14. The van der Waals surface area contributed by atoms with E-state index in [0.717, 1.165) is 26.2 Å². The van der Waals surface area contributed by atoms with Gasteiger partial charge in [-0.1, -0.05) is 6.07 Å². The van der Waals surface area contributed by atoms with E-state index in [0.29, 0.717) is 0 Å². The first kappa shape index (κ1) is 11.9. The normalized spacial score (nSPS) is 11.1. The highest BCUT2D eigenvalue weighted by Crippen LogP contribution is 2.17. The van der Waals surface area contributed by atoms with Crippen molar-refractivity contribution in [2.45, 2.75) is 19.9 Å². The van der Waals surface area contributed by atoms with E-state index in [1.165, 1.54) is 14.5 Å². The Morgan fingerprint density at radius 2 is 2.31 bits per heavy atom. The molecular formula is C12H15IN2O. The number of rotatable bonds is 5. The van der Waals surface area contributed by atoms with Crippen LogP contribution in [0.25, 0.3) is 10.9 Å². The topological polar surface area (TPSA) is 27.1 Å². The molecule has 0 saturated carbocycles. The molecule has 1 aromatic heterocycles. The molecule has 0 aliphatic heterocycles. The van der Waals surface area contributed by atoms with Gasteiger partial charge in [-0.05, 0) is 48.1 Å². The highest BCUT2D eigenvalue weighted by atomic mass is 127. The maximum absolute atomic E-state index is 5.32. The summed E-state index contributed by atoms with van der Waals surface area (Å²) in [4.78, 5) is 0. The molecule has 0 bridgehead atoms. The zero-order chi connectivity index (χ0) is 11.4. The van der Waals surface area contributed by atoms with Crippen LogP contribution in [-0.4, -0.2) is 23.0 Å². The molecule has 0 radical (unpaired) electrons. The molecular weight excluding hydrogens is 315 g/mol. The predicted molar refractivity (Wildman–Crippen MR) is 73.6 cm³/mol. The largest absolute Gasteiger partial charge is 0.382 e. The van der Waals surface area contributed by atoms with Gasteiger partial charge < -0.3 is 4.74 Å². The summed E-state index contributed by atoms with van der Waals surface area (Å²) in [5, 5.41) is 5.60. The van der Waals surface area contributed by atoms with Gasteiger partial charge in [-0.25, -0.2) is 0 Å². The summed E-state index contributed by atoms with van der Waals surface area (Å²) in [5.74, 6) is 0. The van der Waals surface area contributed by atoms with Crippen molar-refractivity contribution < 1.29 is 4.74 Å². The smallest absolute Gasteiger partial charge is 0.0692 e. The molecule has 16 heavy (non-hydrogen) atoms. The monoisotopic (exact) mass is 330 g/mol. The number of aromatic nitrogens is 2. The molecule has 0 saturated heterocycles. The van der Waals surface area contributed by atoms with Crippen LogP contribution in [0.3, 0.4) is 0 Å². The number of ether oxygens (including phenoxy) is 1. The molecule has 86 valence electrons. The third-order valence-electron chi connectivity index (χ3n) is 2.47. The van der Waals surface area contributed by atoms with Crippen LogP contribution in [0.4, 0.5) is 0 Å². The number of hydrogen-bond donors (Lipinski definition) is 0. The van der Waals surface area contributed by atoms with Crippen LogP contribution < -0.4 is 0 Å². The lowest BCUT2D eigenvalue weighted by molar-refractivity contribution is 0.141. The van der Waals surface area contributed by atoms with Crippen molar-refractivity contribution in [1.29, 1.82) is 0 Å². The first-order valence-corrected chi connectivity index (χ1v) is 6.58. The average Bonchev–Trinajstić information content (AvgIpc) is 2.67. The fraction of sp³-hybridized carbons (Fsp3) is 0.417. The van der Waals surface area contributed by atoms with E-state index in [2.05, 4.69) is 50.6 Å². The maximum atomic E-state index is 5.32. The molecule has 0 fully saturated rings. The van der Waals surface area contributed by atoms with E-state index in [9.17, 15) is 0 Å².